The maximum Gasteiger partial charge on any atom is 0.259 e. The van der Waals surface area contributed by atoms with Crippen molar-refractivity contribution in [1.29, 1.82) is 0 Å². The quantitative estimate of drug-likeness (QED) is 0.725. The van der Waals surface area contributed by atoms with E-state index >= 15 is 0 Å². The number of nitrogens with zero attached hydrogens (tertiary/aromatic N) is 4. The summed E-state index contributed by atoms with van der Waals surface area (Å²) in [6, 6.07) is 8.08. The molecule has 0 aliphatic rings. The highest BCUT2D eigenvalue weighted by molar-refractivity contribution is 6.40. The molecule has 0 spiro atoms. The third kappa shape index (κ3) is 5.15. The number of hydrogen-bond donors (Lipinski definition) is 2. The Bertz CT molecular complexity index is 781. The van der Waals surface area contributed by atoms with Crippen molar-refractivity contribution in [3.8, 4) is 0 Å². The summed E-state index contributed by atoms with van der Waals surface area (Å²) in [5.41, 5.74) is 5.44. The Balaban J connectivity index is 0.000000249. The van der Waals surface area contributed by atoms with E-state index in [1.165, 1.54) is 18.9 Å². The number of anilines is 2. The monoisotopic (exact) mass is 362 g/mol. The number of nitrogens with two attached hydrogens (primary N) is 1. The third-order valence-corrected chi connectivity index (χ3v) is 3.25. The molecule has 1 aromatic carbocycles. The van der Waals surface area contributed by atoms with Crippen molar-refractivity contribution in [2.24, 2.45) is 0 Å². The number of hydrogen-bond acceptors (Lipinski definition) is 6. The number of halogens is 2. The second-order valence-corrected chi connectivity index (χ2v) is 5.09. The molecule has 0 atom stereocenters. The first-order valence-corrected chi connectivity index (χ1v) is 7.36. The first-order chi connectivity index (χ1) is 11.6. The van der Waals surface area contributed by atoms with Crippen LogP contribution in [0.15, 0.2) is 55.4 Å². The molecule has 0 saturated heterocycles. The van der Waals surface area contributed by atoms with Crippen LogP contribution in [0.5, 0.6) is 0 Å². The standard InChI is InChI=1S/C11H7Cl2N3O.C4H5N3/c12-7-2-1-3-8(13)10(7)11(17)16-9-4-5-14-6-15-9;5-4-1-2-6-3-7-4/h1-6H,(H,14,15,16,17);1-3H,(H2,5,6,7). The van der Waals surface area contributed by atoms with Gasteiger partial charge < -0.3 is 11.1 Å². The molecule has 9 heteroatoms. The van der Waals surface area contributed by atoms with Gasteiger partial charge in [-0.2, -0.15) is 0 Å². The molecule has 0 unspecified atom stereocenters. The lowest BCUT2D eigenvalue weighted by atomic mass is 10.2. The topological polar surface area (TPSA) is 107 Å². The molecule has 1 amide bonds. The van der Waals surface area contributed by atoms with E-state index in [9.17, 15) is 4.79 Å². The van der Waals surface area contributed by atoms with Crippen LogP contribution in [-0.4, -0.2) is 25.8 Å². The Morgan fingerprint density at radius 3 is 2.04 bits per heavy atom. The van der Waals surface area contributed by atoms with E-state index < -0.39 is 5.91 Å². The lowest BCUT2D eigenvalue weighted by molar-refractivity contribution is 0.102. The summed E-state index contributed by atoms with van der Waals surface area (Å²) in [6.45, 7) is 0. The zero-order chi connectivity index (χ0) is 17.4. The maximum atomic E-state index is 11.9. The van der Waals surface area contributed by atoms with Crippen LogP contribution in [0, 0.1) is 0 Å². The molecule has 0 bridgehead atoms. The molecule has 0 aliphatic heterocycles. The van der Waals surface area contributed by atoms with Crippen molar-refractivity contribution >= 4 is 40.7 Å². The first kappa shape index (κ1) is 17.6. The maximum absolute atomic E-state index is 11.9. The SMILES string of the molecule is Nc1ccncn1.O=C(Nc1ccncn1)c1c(Cl)cccc1Cl. The van der Waals surface area contributed by atoms with Crippen molar-refractivity contribution in [2.75, 3.05) is 11.1 Å². The Morgan fingerprint density at radius 1 is 0.958 bits per heavy atom. The molecule has 122 valence electrons. The Morgan fingerprint density at radius 2 is 1.58 bits per heavy atom. The molecule has 3 N–H and O–H groups in total. The highest BCUT2D eigenvalue weighted by Crippen LogP contribution is 2.24. The van der Waals surface area contributed by atoms with Gasteiger partial charge in [0.2, 0.25) is 0 Å². The van der Waals surface area contributed by atoms with Crippen LogP contribution in [0.2, 0.25) is 10.0 Å². The molecule has 2 heterocycles. The van der Waals surface area contributed by atoms with Gasteiger partial charge in [-0.1, -0.05) is 29.3 Å². The zero-order valence-electron chi connectivity index (χ0n) is 12.2. The minimum atomic E-state index is -0.403. The predicted molar refractivity (Wildman–Crippen MR) is 92.9 cm³/mol. The van der Waals surface area contributed by atoms with E-state index in [4.69, 9.17) is 28.9 Å². The summed E-state index contributed by atoms with van der Waals surface area (Å²) in [5, 5.41) is 3.17. The Kier molecular flexibility index (Phi) is 6.41. The lowest BCUT2D eigenvalue weighted by Gasteiger charge is -2.07. The van der Waals surface area contributed by atoms with Crippen LogP contribution >= 0.6 is 23.2 Å². The van der Waals surface area contributed by atoms with E-state index in [0.29, 0.717) is 21.7 Å². The minimum absolute atomic E-state index is 0.231. The van der Waals surface area contributed by atoms with Gasteiger partial charge in [0.05, 0.1) is 15.6 Å². The second kappa shape index (κ2) is 8.76. The van der Waals surface area contributed by atoms with Crippen molar-refractivity contribution in [2.45, 2.75) is 0 Å². The summed E-state index contributed by atoms with van der Waals surface area (Å²) in [7, 11) is 0. The van der Waals surface area contributed by atoms with E-state index in [1.807, 2.05) is 0 Å². The fourth-order valence-corrected chi connectivity index (χ4v) is 2.13. The van der Waals surface area contributed by atoms with Crippen LogP contribution < -0.4 is 11.1 Å². The number of benzene rings is 1. The predicted octanol–water partition coefficient (Wildman–Crippen LogP) is 3.09. The Labute approximate surface area is 147 Å². The molecule has 2 aromatic heterocycles. The number of carbonyl (C=O) groups excluding carboxylic acids is 1. The average molecular weight is 363 g/mol. The van der Waals surface area contributed by atoms with Gasteiger partial charge >= 0.3 is 0 Å². The first-order valence-electron chi connectivity index (χ1n) is 6.61. The number of aromatic nitrogens is 4. The molecule has 0 radical (unpaired) electrons. The molecule has 7 nitrogen and oxygen atoms in total. The molecule has 0 fully saturated rings. The van der Waals surface area contributed by atoms with E-state index in [-0.39, 0.29) is 5.56 Å². The molecular weight excluding hydrogens is 351 g/mol. The number of amides is 1. The molecule has 24 heavy (non-hydrogen) atoms. The number of nitrogen functional groups attached to an aromatic ring is 1. The van der Waals surface area contributed by atoms with Crippen LogP contribution in [-0.2, 0) is 0 Å². The van der Waals surface area contributed by atoms with Gasteiger partial charge in [-0.3, -0.25) is 4.79 Å². The lowest BCUT2D eigenvalue weighted by Crippen LogP contribution is -2.14. The van der Waals surface area contributed by atoms with Gasteiger partial charge in [-0.05, 0) is 24.3 Å². The largest absolute Gasteiger partial charge is 0.384 e. The fourth-order valence-electron chi connectivity index (χ4n) is 1.56. The minimum Gasteiger partial charge on any atom is -0.384 e. The second-order valence-electron chi connectivity index (χ2n) is 4.28. The molecule has 3 rings (SSSR count). The van der Waals surface area contributed by atoms with Gasteiger partial charge in [-0.25, -0.2) is 19.9 Å². The van der Waals surface area contributed by atoms with Gasteiger partial charge in [-0.15, -0.1) is 0 Å². The number of carbonyl (C=O) groups is 1. The molecular formula is C15H12Cl2N6O. The third-order valence-electron chi connectivity index (χ3n) is 2.62. The van der Waals surface area contributed by atoms with Crippen molar-refractivity contribution < 1.29 is 4.79 Å². The molecule has 0 saturated carbocycles. The zero-order valence-corrected chi connectivity index (χ0v) is 13.7. The van der Waals surface area contributed by atoms with Gasteiger partial charge in [0.15, 0.2) is 0 Å². The van der Waals surface area contributed by atoms with E-state index in [0.717, 1.165) is 0 Å². The highest BCUT2D eigenvalue weighted by Gasteiger charge is 2.14. The summed E-state index contributed by atoms with van der Waals surface area (Å²) in [4.78, 5) is 26.8. The molecule has 3 aromatic rings. The van der Waals surface area contributed by atoms with Crippen LogP contribution in [0.1, 0.15) is 10.4 Å². The normalized spacial score (nSPS) is 9.58. The van der Waals surface area contributed by atoms with Crippen LogP contribution in [0.4, 0.5) is 11.6 Å². The summed E-state index contributed by atoms with van der Waals surface area (Å²) < 4.78 is 0. The summed E-state index contributed by atoms with van der Waals surface area (Å²) >= 11 is 11.8. The molecule has 0 aliphatic carbocycles. The smallest absolute Gasteiger partial charge is 0.259 e. The van der Waals surface area contributed by atoms with Gasteiger partial charge in [0, 0.05) is 12.4 Å². The van der Waals surface area contributed by atoms with Gasteiger partial charge in [0.1, 0.15) is 24.3 Å². The highest BCUT2D eigenvalue weighted by atomic mass is 35.5. The average Bonchev–Trinajstić information content (AvgIpc) is 2.57. The number of nitrogens with one attached hydrogen (secondary N) is 1. The fraction of sp³-hybridized carbons (Fsp3) is 0. The van der Waals surface area contributed by atoms with Crippen LogP contribution in [0.25, 0.3) is 0 Å². The van der Waals surface area contributed by atoms with Crippen LogP contribution in [0.3, 0.4) is 0 Å². The van der Waals surface area contributed by atoms with E-state index in [1.54, 1.807) is 36.5 Å². The Hall–Kier alpha value is -2.77. The van der Waals surface area contributed by atoms with Crippen molar-refractivity contribution in [1.82, 2.24) is 19.9 Å². The summed E-state index contributed by atoms with van der Waals surface area (Å²) in [5.74, 6) is 0.496. The van der Waals surface area contributed by atoms with E-state index in [2.05, 4.69) is 25.3 Å². The van der Waals surface area contributed by atoms with Crippen molar-refractivity contribution in [3.05, 3.63) is 71.0 Å². The van der Waals surface area contributed by atoms with Crippen molar-refractivity contribution in [3.63, 3.8) is 0 Å². The number of rotatable bonds is 2. The summed E-state index contributed by atoms with van der Waals surface area (Å²) in [6.07, 6.45) is 5.87. The van der Waals surface area contributed by atoms with Gasteiger partial charge in [0.25, 0.3) is 5.91 Å².